The summed E-state index contributed by atoms with van der Waals surface area (Å²) in [5, 5.41) is 10.6. The van der Waals surface area contributed by atoms with E-state index in [4.69, 9.17) is 4.42 Å². The molecule has 6 heteroatoms. The number of hydrogen-bond acceptors (Lipinski definition) is 5. The molecule has 1 N–H and O–H groups in total. The molecule has 2 aromatic rings. The molecular formula is C18H22N2O4. The van der Waals surface area contributed by atoms with Crippen LogP contribution in [-0.2, 0) is 11.3 Å². The lowest BCUT2D eigenvalue weighted by Gasteiger charge is -2.26. The predicted molar refractivity (Wildman–Crippen MR) is 91.0 cm³/mol. The van der Waals surface area contributed by atoms with Gasteiger partial charge in [0.05, 0.1) is 6.04 Å². The van der Waals surface area contributed by atoms with Gasteiger partial charge in [-0.1, -0.05) is 0 Å². The molecule has 128 valence electrons. The predicted octanol–water partition coefficient (Wildman–Crippen LogP) is 1.86. The normalized spacial score (nSPS) is 18.2. The molecule has 1 aliphatic heterocycles. The Labute approximate surface area is 140 Å². The Bertz CT molecular complexity index is 841. The maximum atomic E-state index is 12.3. The number of amides is 1. The first-order valence-electron chi connectivity index (χ1n) is 8.09. The van der Waals surface area contributed by atoms with Crippen LogP contribution in [-0.4, -0.2) is 47.5 Å². The van der Waals surface area contributed by atoms with Crippen molar-refractivity contribution in [2.45, 2.75) is 32.4 Å². The van der Waals surface area contributed by atoms with Gasteiger partial charge in [0.15, 0.2) is 0 Å². The second-order valence-corrected chi connectivity index (χ2v) is 6.54. The number of phenolic OH excluding ortho intramolecular Hbond substituents is 1. The van der Waals surface area contributed by atoms with Gasteiger partial charge in [0.25, 0.3) is 0 Å². The molecule has 6 nitrogen and oxygen atoms in total. The quantitative estimate of drug-likeness (QED) is 0.870. The van der Waals surface area contributed by atoms with E-state index in [9.17, 15) is 14.7 Å². The number of nitrogens with zero attached hydrogens (tertiary/aromatic N) is 2. The second kappa shape index (κ2) is 6.28. The molecule has 1 atom stereocenters. The average molecular weight is 330 g/mol. The third-order valence-corrected chi connectivity index (χ3v) is 4.68. The van der Waals surface area contributed by atoms with E-state index >= 15 is 0 Å². The van der Waals surface area contributed by atoms with Crippen molar-refractivity contribution in [1.82, 2.24) is 9.80 Å². The van der Waals surface area contributed by atoms with Crippen LogP contribution in [0.4, 0.5) is 0 Å². The van der Waals surface area contributed by atoms with Crippen LogP contribution in [0.25, 0.3) is 11.0 Å². The molecule has 0 unspecified atom stereocenters. The molecule has 0 bridgehead atoms. The minimum Gasteiger partial charge on any atom is -0.508 e. The van der Waals surface area contributed by atoms with Crippen molar-refractivity contribution in [2.75, 3.05) is 20.6 Å². The number of likely N-dealkylation sites (N-methyl/N-ethyl adjacent to an activating group) is 1. The molecule has 1 aromatic heterocycles. The summed E-state index contributed by atoms with van der Waals surface area (Å²) in [6.07, 6.45) is 1.79. The fourth-order valence-corrected chi connectivity index (χ4v) is 3.36. The van der Waals surface area contributed by atoms with Gasteiger partial charge in [-0.3, -0.25) is 9.69 Å². The SMILES string of the molecule is Cc1c(O)ccc2c(CN3CCC[C@H]3C(=O)N(C)C)cc(=O)oc12. The number of phenols is 1. The van der Waals surface area contributed by atoms with Gasteiger partial charge in [-0.05, 0) is 44.0 Å². The van der Waals surface area contributed by atoms with Crippen LogP contribution in [0.2, 0.25) is 0 Å². The summed E-state index contributed by atoms with van der Waals surface area (Å²) in [5.41, 5.74) is 1.34. The Hall–Kier alpha value is -2.34. The molecule has 0 spiro atoms. The van der Waals surface area contributed by atoms with Gasteiger partial charge in [-0.25, -0.2) is 4.79 Å². The molecule has 1 fully saturated rings. The van der Waals surface area contributed by atoms with Gasteiger partial charge in [-0.15, -0.1) is 0 Å². The zero-order chi connectivity index (χ0) is 17.4. The first-order valence-corrected chi connectivity index (χ1v) is 8.09. The number of carbonyl (C=O) groups excluding carboxylic acids is 1. The molecule has 24 heavy (non-hydrogen) atoms. The molecule has 1 aromatic carbocycles. The fraction of sp³-hybridized carbons (Fsp3) is 0.444. The summed E-state index contributed by atoms with van der Waals surface area (Å²) < 4.78 is 5.28. The Morgan fingerprint density at radius 2 is 2.17 bits per heavy atom. The molecular weight excluding hydrogens is 308 g/mol. The minimum atomic E-state index is -0.444. The van der Waals surface area contributed by atoms with E-state index in [1.165, 1.54) is 6.07 Å². The molecule has 0 radical (unpaired) electrons. The third kappa shape index (κ3) is 2.89. The summed E-state index contributed by atoms with van der Waals surface area (Å²) in [6.45, 7) is 3.05. The van der Waals surface area contributed by atoms with Crippen LogP contribution >= 0.6 is 0 Å². The number of fused-ring (bicyclic) bond motifs is 1. The smallest absolute Gasteiger partial charge is 0.336 e. The number of likely N-dealkylation sites (tertiary alicyclic amines) is 1. The van der Waals surface area contributed by atoms with Crippen molar-refractivity contribution in [3.63, 3.8) is 0 Å². The van der Waals surface area contributed by atoms with Crippen LogP contribution in [0.15, 0.2) is 27.4 Å². The van der Waals surface area contributed by atoms with E-state index in [0.29, 0.717) is 17.7 Å². The highest BCUT2D eigenvalue weighted by molar-refractivity contribution is 5.85. The Morgan fingerprint density at radius 3 is 2.88 bits per heavy atom. The first-order chi connectivity index (χ1) is 11.4. The highest BCUT2D eigenvalue weighted by Gasteiger charge is 2.32. The van der Waals surface area contributed by atoms with Crippen molar-refractivity contribution in [3.05, 3.63) is 39.7 Å². The third-order valence-electron chi connectivity index (χ3n) is 4.68. The minimum absolute atomic E-state index is 0.0913. The molecule has 2 heterocycles. The lowest BCUT2D eigenvalue weighted by atomic mass is 10.1. The summed E-state index contributed by atoms with van der Waals surface area (Å²) in [5.74, 6) is 0.193. The van der Waals surface area contributed by atoms with E-state index in [-0.39, 0.29) is 17.7 Å². The van der Waals surface area contributed by atoms with Gasteiger partial charge in [-0.2, -0.15) is 0 Å². The number of aromatic hydroxyl groups is 1. The van der Waals surface area contributed by atoms with Crippen molar-refractivity contribution >= 4 is 16.9 Å². The van der Waals surface area contributed by atoms with E-state index in [2.05, 4.69) is 4.90 Å². The summed E-state index contributed by atoms with van der Waals surface area (Å²) in [7, 11) is 3.52. The van der Waals surface area contributed by atoms with Gasteiger partial charge in [0.2, 0.25) is 5.91 Å². The molecule has 0 saturated carbocycles. The van der Waals surface area contributed by atoms with Crippen LogP contribution in [0, 0.1) is 6.92 Å². The van der Waals surface area contributed by atoms with Gasteiger partial charge >= 0.3 is 5.63 Å². The van der Waals surface area contributed by atoms with Gasteiger partial charge < -0.3 is 14.4 Å². The highest BCUT2D eigenvalue weighted by Crippen LogP contribution is 2.29. The molecule has 1 saturated heterocycles. The standard InChI is InChI=1S/C18H22N2O4/c1-11-15(21)7-6-13-12(9-16(22)24-17(11)13)10-20-8-4-5-14(20)18(23)19(2)3/h6-7,9,14,21H,4-5,8,10H2,1-3H3/t14-/m0/s1. The summed E-state index contributed by atoms with van der Waals surface area (Å²) >= 11 is 0. The van der Waals surface area contributed by atoms with Crippen molar-refractivity contribution in [3.8, 4) is 5.75 Å². The van der Waals surface area contributed by atoms with Crippen molar-refractivity contribution < 1.29 is 14.3 Å². The fourth-order valence-electron chi connectivity index (χ4n) is 3.36. The summed E-state index contributed by atoms with van der Waals surface area (Å²) in [4.78, 5) is 28.0. The Morgan fingerprint density at radius 1 is 1.42 bits per heavy atom. The van der Waals surface area contributed by atoms with Crippen LogP contribution in [0.1, 0.15) is 24.0 Å². The lowest BCUT2D eigenvalue weighted by molar-refractivity contribution is -0.133. The average Bonchev–Trinajstić information content (AvgIpc) is 2.98. The maximum Gasteiger partial charge on any atom is 0.336 e. The van der Waals surface area contributed by atoms with Gasteiger partial charge in [0, 0.05) is 37.7 Å². The van der Waals surface area contributed by atoms with E-state index in [1.54, 1.807) is 38.1 Å². The number of carbonyl (C=O) groups is 1. The van der Waals surface area contributed by atoms with Crippen molar-refractivity contribution in [2.24, 2.45) is 0 Å². The molecule has 3 rings (SSSR count). The summed E-state index contributed by atoms with van der Waals surface area (Å²) in [6, 6.07) is 4.69. The largest absolute Gasteiger partial charge is 0.508 e. The number of rotatable bonds is 3. The van der Waals surface area contributed by atoms with Crippen LogP contribution in [0.3, 0.4) is 0 Å². The van der Waals surface area contributed by atoms with Crippen LogP contribution < -0.4 is 5.63 Å². The Balaban J connectivity index is 2.00. The second-order valence-electron chi connectivity index (χ2n) is 6.54. The molecule has 1 amide bonds. The maximum absolute atomic E-state index is 12.3. The van der Waals surface area contributed by atoms with E-state index < -0.39 is 5.63 Å². The van der Waals surface area contributed by atoms with Gasteiger partial charge in [0.1, 0.15) is 11.3 Å². The zero-order valence-corrected chi connectivity index (χ0v) is 14.2. The van der Waals surface area contributed by atoms with Crippen LogP contribution in [0.5, 0.6) is 5.75 Å². The topological polar surface area (TPSA) is 74.0 Å². The molecule has 0 aliphatic carbocycles. The number of aryl methyl sites for hydroxylation is 1. The van der Waals surface area contributed by atoms with E-state index in [1.807, 2.05) is 0 Å². The Kier molecular flexibility index (Phi) is 4.32. The van der Waals surface area contributed by atoms with E-state index in [0.717, 1.165) is 30.3 Å². The monoisotopic (exact) mass is 330 g/mol. The zero-order valence-electron chi connectivity index (χ0n) is 14.2. The lowest BCUT2D eigenvalue weighted by Crippen LogP contribution is -2.42. The van der Waals surface area contributed by atoms with Crippen molar-refractivity contribution in [1.29, 1.82) is 0 Å². The number of hydrogen-bond donors (Lipinski definition) is 1. The first kappa shape index (κ1) is 16.5. The number of benzene rings is 1. The molecule has 1 aliphatic rings. The highest BCUT2D eigenvalue weighted by atomic mass is 16.4.